The number of halogens is 1. The Bertz CT molecular complexity index is 1020. The fourth-order valence-corrected chi connectivity index (χ4v) is 3.63. The molecule has 3 aromatic rings. The van der Waals surface area contributed by atoms with Crippen molar-refractivity contribution >= 4 is 23.6 Å². The smallest absolute Gasteiger partial charge is 0.230 e. The number of carbonyl (C=O) groups is 2. The molecule has 0 spiro atoms. The maximum absolute atomic E-state index is 13.3. The SMILES string of the molecule is CC(C)NC(=O)CCNC(=O)CSc1nnc(-c2ccc(F)cc2)n1-c1ccccc1. The number of nitrogens with one attached hydrogen (secondary N) is 2. The van der Waals surface area contributed by atoms with Crippen molar-refractivity contribution in [1.82, 2.24) is 25.4 Å². The van der Waals surface area contributed by atoms with E-state index in [1.54, 1.807) is 12.1 Å². The molecule has 0 saturated carbocycles. The lowest BCUT2D eigenvalue weighted by molar-refractivity contribution is -0.121. The van der Waals surface area contributed by atoms with Crippen LogP contribution in [0.5, 0.6) is 0 Å². The summed E-state index contributed by atoms with van der Waals surface area (Å²) in [6.45, 7) is 4.04. The van der Waals surface area contributed by atoms with Crippen LogP contribution in [0.15, 0.2) is 59.8 Å². The van der Waals surface area contributed by atoms with E-state index in [0.29, 0.717) is 16.5 Å². The van der Waals surface area contributed by atoms with E-state index < -0.39 is 0 Å². The van der Waals surface area contributed by atoms with Crippen LogP contribution < -0.4 is 10.6 Å². The van der Waals surface area contributed by atoms with Crippen LogP contribution in [0.2, 0.25) is 0 Å². The monoisotopic (exact) mass is 441 g/mol. The van der Waals surface area contributed by atoms with Crippen LogP contribution in [0.1, 0.15) is 20.3 Å². The first-order valence-corrected chi connectivity index (χ1v) is 10.9. The van der Waals surface area contributed by atoms with Gasteiger partial charge in [-0.05, 0) is 50.2 Å². The maximum Gasteiger partial charge on any atom is 0.230 e. The second-order valence-electron chi connectivity index (χ2n) is 7.09. The first-order chi connectivity index (χ1) is 14.9. The Morgan fingerprint density at radius 1 is 1.03 bits per heavy atom. The zero-order valence-corrected chi connectivity index (χ0v) is 18.2. The van der Waals surface area contributed by atoms with Crippen molar-refractivity contribution in [3.05, 3.63) is 60.4 Å². The highest BCUT2D eigenvalue weighted by Gasteiger charge is 2.17. The van der Waals surface area contributed by atoms with Gasteiger partial charge in [0.1, 0.15) is 5.82 Å². The number of hydrogen-bond donors (Lipinski definition) is 2. The quantitative estimate of drug-likeness (QED) is 0.498. The molecule has 1 aromatic heterocycles. The predicted molar refractivity (Wildman–Crippen MR) is 118 cm³/mol. The molecule has 0 saturated heterocycles. The summed E-state index contributed by atoms with van der Waals surface area (Å²) in [5.74, 6) is 0.0477. The summed E-state index contributed by atoms with van der Waals surface area (Å²) in [4.78, 5) is 23.9. The van der Waals surface area contributed by atoms with E-state index in [1.165, 1.54) is 23.9 Å². The Labute approximate surface area is 184 Å². The van der Waals surface area contributed by atoms with Crippen molar-refractivity contribution in [2.45, 2.75) is 31.5 Å². The van der Waals surface area contributed by atoms with Gasteiger partial charge in [-0.3, -0.25) is 14.2 Å². The second kappa shape index (κ2) is 10.7. The highest BCUT2D eigenvalue weighted by atomic mass is 32.2. The molecule has 0 atom stereocenters. The average molecular weight is 442 g/mol. The number of aromatic nitrogens is 3. The molecule has 0 aliphatic rings. The molecule has 0 aliphatic heterocycles. The topological polar surface area (TPSA) is 88.9 Å². The normalized spacial score (nSPS) is 10.8. The lowest BCUT2D eigenvalue weighted by Gasteiger charge is -2.11. The number of benzene rings is 2. The number of amides is 2. The fourth-order valence-electron chi connectivity index (χ4n) is 2.85. The zero-order chi connectivity index (χ0) is 22.2. The van der Waals surface area contributed by atoms with Gasteiger partial charge in [-0.25, -0.2) is 4.39 Å². The predicted octanol–water partition coefficient (Wildman–Crippen LogP) is 3.20. The maximum atomic E-state index is 13.3. The lowest BCUT2D eigenvalue weighted by atomic mass is 10.2. The summed E-state index contributed by atoms with van der Waals surface area (Å²) in [5, 5.41) is 14.6. The van der Waals surface area contributed by atoms with Gasteiger partial charge >= 0.3 is 0 Å². The number of carbonyl (C=O) groups excluding carboxylic acids is 2. The number of para-hydroxylation sites is 1. The Balaban J connectivity index is 1.69. The molecule has 0 unspecified atom stereocenters. The summed E-state index contributed by atoms with van der Waals surface area (Å²) in [7, 11) is 0. The van der Waals surface area contributed by atoms with Gasteiger partial charge in [-0.2, -0.15) is 0 Å². The van der Waals surface area contributed by atoms with Gasteiger partial charge in [-0.15, -0.1) is 10.2 Å². The Morgan fingerprint density at radius 3 is 2.42 bits per heavy atom. The molecule has 0 radical (unpaired) electrons. The van der Waals surface area contributed by atoms with E-state index >= 15 is 0 Å². The van der Waals surface area contributed by atoms with Gasteiger partial charge in [0.25, 0.3) is 0 Å². The number of hydrogen-bond acceptors (Lipinski definition) is 5. The second-order valence-corrected chi connectivity index (χ2v) is 8.04. The third-order valence-electron chi connectivity index (χ3n) is 4.21. The van der Waals surface area contributed by atoms with Crippen LogP contribution in [-0.4, -0.2) is 44.9 Å². The Kier molecular flexibility index (Phi) is 7.77. The Hall–Kier alpha value is -3.20. The van der Waals surface area contributed by atoms with Crippen LogP contribution in [-0.2, 0) is 9.59 Å². The summed E-state index contributed by atoms with van der Waals surface area (Å²) in [5.41, 5.74) is 1.55. The summed E-state index contributed by atoms with van der Waals surface area (Å²) < 4.78 is 15.2. The minimum Gasteiger partial charge on any atom is -0.355 e. The molecule has 1 heterocycles. The third-order valence-corrected chi connectivity index (χ3v) is 5.14. The summed E-state index contributed by atoms with van der Waals surface area (Å²) >= 11 is 1.24. The van der Waals surface area contributed by atoms with E-state index in [-0.39, 0.29) is 42.4 Å². The molecule has 2 N–H and O–H groups in total. The molecule has 0 aliphatic carbocycles. The Morgan fingerprint density at radius 2 is 1.74 bits per heavy atom. The van der Waals surface area contributed by atoms with Crippen molar-refractivity contribution in [1.29, 1.82) is 0 Å². The van der Waals surface area contributed by atoms with Crippen molar-refractivity contribution in [3.8, 4) is 17.1 Å². The minimum absolute atomic E-state index is 0.0680. The van der Waals surface area contributed by atoms with E-state index in [0.717, 1.165) is 5.69 Å². The van der Waals surface area contributed by atoms with Gasteiger partial charge in [0.15, 0.2) is 11.0 Å². The van der Waals surface area contributed by atoms with Gasteiger partial charge < -0.3 is 10.6 Å². The molecule has 2 amide bonds. The van der Waals surface area contributed by atoms with Crippen LogP contribution in [0.4, 0.5) is 4.39 Å². The van der Waals surface area contributed by atoms with Gasteiger partial charge in [0.2, 0.25) is 11.8 Å². The van der Waals surface area contributed by atoms with Crippen molar-refractivity contribution < 1.29 is 14.0 Å². The number of nitrogens with zero attached hydrogens (tertiary/aromatic N) is 3. The van der Waals surface area contributed by atoms with E-state index in [2.05, 4.69) is 20.8 Å². The molecule has 0 fully saturated rings. The fraction of sp³-hybridized carbons (Fsp3) is 0.273. The molecule has 2 aromatic carbocycles. The van der Waals surface area contributed by atoms with Crippen molar-refractivity contribution in [2.24, 2.45) is 0 Å². The zero-order valence-electron chi connectivity index (χ0n) is 17.3. The number of rotatable bonds is 9. The molecular formula is C22H24FN5O2S. The van der Waals surface area contributed by atoms with Crippen LogP contribution >= 0.6 is 11.8 Å². The molecule has 31 heavy (non-hydrogen) atoms. The average Bonchev–Trinajstić information content (AvgIpc) is 3.17. The molecular weight excluding hydrogens is 417 g/mol. The largest absolute Gasteiger partial charge is 0.355 e. The first kappa shape index (κ1) is 22.5. The van der Waals surface area contributed by atoms with Crippen LogP contribution in [0.25, 0.3) is 17.1 Å². The molecule has 3 rings (SSSR count). The van der Waals surface area contributed by atoms with E-state index in [1.807, 2.05) is 48.7 Å². The summed E-state index contributed by atoms with van der Waals surface area (Å²) in [6.07, 6.45) is 0.226. The first-order valence-electron chi connectivity index (χ1n) is 9.89. The van der Waals surface area contributed by atoms with Gasteiger partial charge in [0, 0.05) is 30.3 Å². The highest BCUT2D eigenvalue weighted by molar-refractivity contribution is 7.99. The van der Waals surface area contributed by atoms with Gasteiger partial charge in [0.05, 0.1) is 5.75 Å². The number of thioether (sulfide) groups is 1. The van der Waals surface area contributed by atoms with Gasteiger partial charge in [-0.1, -0.05) is 30.0 Å². The highest BCUT2D eigenvalue weighted by Crippen LogP contribution is 2.27. The van der Waals surface area contributed by atoms with Crippen molar-refractivity contribution in [3.63, 3.8) is 0 Å². The molecule has 9 heteroatoms. The standard InChI is InChI=1S/C22H24FN5O2S/c1-15(2)25-19(29)12-13-24-20(30)14-31-22-27-26-21(16-8-10-17(23)11-9-16)28(22)18-6-4-3-5-7-18/h3-11,15H,12-14H2,1-2H3,(H,24,30)(H,25,29). The lowest BCUT2D eigenvalue weighted by Crippen LogP contribution is -2.34. The molecule has 162 valence electrons. The van der Waals surface area contributed by atoms with E-state index in [9.17, 15) is 14.0 Å². The third kappa shape index (κ3) is 6.39. The van der Waals surface area contributed by atoms with E-state index in [4.69, 9.17) is 0 Å². The van der Waals surface area contributed by atoms with Crippen LogP contribution in [0, 0.1) is 5.82 Å². The molecule has 7 nitrogen and oxygen atoms in total. The van der Waals surface area contributed by atoms with Crippen molar-refractivity contribution in [2.75, 3.05) is 12.3 Å². The molecule has 0 bridgehead atoms. The van der Waals surface area contributed by atoms with Crippen LogP contribution in [0.3, 0.4) is 0 Å². The summed E-state index contributed by atoms with van der Waals surface area (Å²) in [6, 6.07) is 15.6. The minimum atomic E-state index is -0.331.